The molecule has 0 atom stereocenters. The van der Waals surface area contributed by atoms with Crippen LogP contribution >= 0.6 is 15.9 Å². The van der Waals surface area contributed by atoms with E-state index in [-0.39, 0.29) is 0 Å². The fourth-order valence-corrected chi connectivity index (χ4v) is 2.16. The molecule has 0 spiro atoms. The van der Waals surface area contributed by atoms with Gasteiger partial charge in [-0.2, -0.15) is 0 Å². The molecule has 0 unspecified atom stereocenters. The fourth-order valence-electron chi connectivity index (χ4n) is 1.26. The van der Waals surface area contributed by atoms with Gasteiger partial charge in [-0.05, 0) is 24.2 Å². The largest absolute Gasteiger partial charge is 0.0890 e. The van der Waals surface area contributed by atoms with E-state index in [0.717, 1.165) is 10.7 Å². The molecule has 0 amide bonds. The van der Waals surface area contributed by atoms with Gasteiger partial charge in [0.25, 0.3) is 0 Å². The topological polar surface area (TPSA) is 0 Å². The third-order valence-electron chi connectivity index (χ3n) is 2.31. The first kappa shape index (κ1) is 7.59. The van der Waals surface area contributed by atoms with Crippen molar-refractivity contribution in [1.29, 1.82) is 0 Å². The molecule has 1 fully saturated rings. The highest BCUT2D eigenvalue weighted by Gasteiger charge is 2.35. The molecule has 1 saturated carbocycles. The van der Waals surface area contributed by atoms with Gasteiger partial charge >= 0.3 is 0 Å². The van der Waals surface area contributed by atoms with Crippen LogP contribution in [0.2, 0.25) is 0 Å². The van der Waals surface area contributed by atoms with E-state index >= 15 is 0 Å². The molecule has 0 bridgehead atoms. The van der Waals surface area contributed by atoms with Gasteiger partial charge in [-0.15, -0.1) is 0 Å². The highest BCUT2D eigenvalue weighted by molar-refractivity contribution is 9.09. The summed E-state index contributed by atoms with van der Waals surface area (Å²) in [5, 5.41) is 0. The summed E-state index contributed by atoms with van der Waals surface area (Å²) in [5.41, 5.74) is 0.546. The van der Waals surface area contributed by atoms with Crippen molar-refractivity contribution in [1.82, 2.24) is 0 Å². The molecule has 54 valence electrons. The van der Waals surface area contributed by atoms with Crippen LogP contribution in [0.5, 0.6) is 0 Å². The third kappa shape index (κ3) is 1.70. The van der Waals surface area contributed by atoms with Crippen LogP contribution in [0.15, 0.2) is 0 Å². The van der Waals surface area contributed by atoms with Crippen molar-refractivity contribution in [2.24, 2.45) is 11.3 Å². The second-order valence-electron chi connectivity index (χ2n) is 4.13. The van der Waals surface area contributed by atoms with Crippen molar-refractivity contribution in [3.8, 4) is 0 Å². The Balaban J connectivity index is 2.32. The lowest BCUT2D eigenvalue weighted by atomic mass is 9.68. The van der Waals surface area contributed by atoms with E-state index in [0.29, 0.717) is 5.41 Å². The van der Waals surface area contributed by atoms with E-state index in [1.54, 1.807) is 0 Å². The number of hydrogen-bond donors (Lipinski definition) is 0. The SMILES string of the molecule is CC(C)(C)C1CC(Br)C1. The summed E-state index contributed by atoms with van der Waals surface area (Å²) in [5.74, 6) is 0.960. The minimum atomic E-state index is 0.546. The van der Waals surface area contributed by atoms with Crippen LogP contribution in [0.25, 0.3) is 0 Å². The van der Waals surface area contributed by atoms with Gasteiger partial charge in [-0.25, -0.2) is 0 Å². The predicted molar refractivity (Wildman–Crippen MR) is 44.9 cm³/mol. The lowest BCUT2D eigenvalue weighted by Crippen LogP contribution is -2.34. The first-order valence-corrected chi connectivity index (χ1v) is 4.56. The van der Waals surface area contributed by atoms with Crippen LogP contribution < -0.4 is 0 Å². The van der Waals surface area contributed by atoms with Crippen LogP contribution in [0.1, 0.15) is 33.6 Å². The van der Waals surface area contributed by atoms with Gasteiger partial charge in [0.2, 0.25) is 0 Å². The standard InChI is InChI=1S/C8H15Br/c1-8(2,3)6-4-7(9)5-6/h6-7H,4-5H2,1-3H3. The summed E-state index contributed by atoms with van der Waals surface area (Å²) in [4.78, 5) is 0.821. The molecule has 0 aliphatic heterocycles. The molecule has 1 rings (SSSR count). The molecule has 0 aromatic carbocycles. The molecule has 0 aromatic rings. The Labute approximate surface area is 66.2 Å². The molecular weight excluding hydrogens is 176 g/mol. The van der Waals surface area contributed by atoms with E-state index in [9.17, 15) is 0 Å². The Morgan fingerprint density at radius 1 is 1.22 bits per heavy atom. The van der Waals surface area contributed by atoms with Crippen molar-refractivity contribution >= 4 is 15.9 Å². The van der Waals surface area contributed by atoms with Crippen molar-refractivity contribution in [2.75, 3.05) is 0 Å². The molecule has 9 heavy (non-hydrogen) atoms. The quantitative estimate of drug-likeness (QED) is 0.516. The first-order chi connectivity index (χ1) is 4.00. The molecule has 0 heterocycles. The van der Waals surface area contributed by atoms with E-state index in [4.69, 9.17) is 0 Å². The minimum absolute atomic E-state index is 0.546. The first-order valence-electron chi connectivity index (χ1n) is 3.64. The highest BCUT2D eigenvalue weighted by Crippen LogP contribution is 2.44. The molecule has 1 heteroatoms. The van der Waals surface area contributed by atoms with Gasteiger partial charge in [0, 0.05) is 4.83 Å². The zero-order valence-electron chi connectivity index (χ0n) is 6.45. The summed E-state index contributed by atoms with van der Waals surface area (Å²) < 4.78 is 0. The Morgan fingerprint density at radius 2 is 1.67 bits per heavy atom. The lowest BCUT2D eigenvalue weighted by molar-refractivity contribution is 0.150. The molecule has 0 saturated heterocycles. The maximum Gasteiger partial charge on any atom is 0.0151 e. The van der Waals surface area contributed by atoms with E-state index in [1.165, 1.54) is 12.8 Å². The number of hydrogen-bond acceptors (Lipinski definition) is 0. The maximum atomic E-state index is 3.59. The van der Waals surface area contributed by atoms with Gasteiger partial charge in [0.1, 0.15) is 0 Å². The third-order valence-corrected chi connectivity index (χ3v) is 3.05. The number of rotatable bonds is 0. The van der Waals surface area contributed by atoms with Crippen LogP contribution in [-0.2, 0) is 0 Å². The van der Waals surface area contributed by atoms with Crippen molar-refractivity contribution in [3.63, 3.8) is 0 Å². The van der Waals surface area contributed by atoms with Crippen LogP contribution in [0.3, 0.4) is 0 Å². The lowest BCUT2D eigenvalue weighted by Gasteiger charge is -2.41. The maximum absolute atomic E-state index is 3.59. The smallest absolute Gasteiger partial charge is 0.0151 e. The zero-order valence-corrected chi connectivity index (χ0v) is 8.03. The second kappa shape index (κ2) is 2.26. The van der Waals surface area contributed by atoms with E-state index in [1.807, 2.05) is 0 Å². The summed E-state index contributed by atoms with van der Waals surface area (Å²) in [6.45, 7) is 6.99. The highest BCUT2D eigenvalue weighted by atomic mass is 79.9. The van der Waals surface area contributed by atoms with Gasteiger partial charge in [-0.1, -0.05) is 36.7 Å². The average Bonchev–Trinajstić information content (AvgIpc) is 1.55. The zero-order chi connectivity index (χ0) is 7.07. The molecule has 0 nitrogen and oxygen atoms in total. The van der Waals surface area contributed by atoms with Gasteiger partial charge in [0.15, 0.2) is 0 Å². The van der Waals surface area contributed by atoms with Gasteiger partial charge in [-0.3, -0.25) is 0 Å². The van der Waals surface area contributed by atoms with Gasteiger partial charge in [0.05, 0.1) is 0 Å². The van der Waals surface area contributed by atoms with E-state index < -0.39 is 0 Å². The average molecular weight is 191 g/mol. The minimum Gasteiger partial charge on any atom is -0.0890 e. The summed E-state index contributed by atoms with van der Waals surface area (Å²) >= 11 is 3.59. The molecular formula is C8H15Br. The molecule has 0 N–H and O–H groups in total. The van der Waals surface area contributed by atoms with Crippen LogP contribution in [0.4, 0.5) is 0 Å². The number of halogens is 1. The van der Waals surface area contributed by atoms with Crippen LogP contribution in [-0.4, -0.2) is 4.83 Å². The van der Waals surface area contributed by atoms with Crippen molar-refractivity contribution < 1.29 is 0 Å². The Kier molecular flexibility index (Phi) is 1.91. The summed E-state index contributed by atoms with van der Waals surface area (Å²) in [6, 6.07) is 0. The van der Waals surface area contributed by atoms with Crippen molar-refractivity contribution in [3.05, 3.63) is 0 Å². The monoisotopic (exact) mass is 190 g/mol. The normalized spacial score (nSPS) is 36.0. The predicted octanol–water partition coefficient (Wildman–Crippen LogP) is 3.21. The summed E-state index contributed by atoms with van der Waals surface area (Å²) in [7, 11) is 0. The molecule has 0 aromatic heterocycles. The van der Waals surface area contributed by atoms with E-state index in [2.05, 4.69) is 36.7 Å². The molecule has 1 aliphatic rings. The Bertz CT molecular complexity index is 95.6. The van der Waals surface area contributed by atoms with Crippen LogP contribution in [0, 0.1) is 11.3 Å². The summed E-state index contributed by atoms with van der Waals surface area (Å²) in [6.07, 6.45) is 2.76. The van der Waals surface area contributed by atoms with Gasteiger partial charge < -0.3 is 0 Å². The Hall–Kier alpha value is 0.480. The fraction of sp³-hybridized carbons (Fsp3) is 1.00. The molecule has 1 aliphatic carbocycles. The molecule has 0 radical (unpaired) electrons. The Morgan fingerprint density at radius 3 is 1.78 bits per heavy atom. The van der Waals surface area contributed by atoms with Crippen molar-refractivity contribution in [2.45, 2.75) is 38.4 Å². The number of alkyl halides is 1. The second-order valence-corrected chi connectivity index (χ2v) is 5.43.